The van der Waals surface area contributed by atoms with Crippen molar-refractivity contribution in [2.75, 3.05) is 5.75 Å². The summed E-state index contributed by atoms with van der Waals surface area (Å²) in [7, 11) is 0. The molecule has 2 aliphatic rings. The second-order valence-electron chi connectivity index (χ2n) is 6.27. The van der Waals surface area contributed by atoms with E-state index in [-0.39, 0.29) is 11.6 Å². The third kappa shape index (κ3) is 3.61. The second-order valence-corrected chi connectivity index (χ2v) is 7.25. The van der Waals surface area contributed by atoms with E-state index in [1.54, 1.807) is 23.9 Å². The van der Waals surface area contributed by atoms with E-state index < -0.39 is 4.92 Å². The molecule has 6 heteroatoms. The van der Waals surface area contributed by atoms with Crippen LogP contribution in [0.15, 0.2) is 24.3 Å². The number of hydrogen-bond donors (Lipinski definition) is 1. The Kier molecular flexibility index (Phi) is 4.66. The van der Waals surface area contributed by atoms with Crippen molar-refractivity contribution in [2.45, 2.75) is 37.5 Å². The van der Waals surface area contributed by atoms with Crippen molar-refractivity contribution in [2.24, 2.45) is 11.8 Å². The molecule has 1 amide bonds. The molecule has 0 radical (unpaired) electrons. The summed E-state index contributed by atoms with van der Waals surface area (Å²) >= 11 is 1.55. The zero-order valence-corrected chi connectivity index (χ0v) is 13.2. The number of fused-ring (bicyclic) bond motifs is 2. The number of nitrogens with zero attached hydrogens (tertiary/aromatic N) is 1. The molecule has 118 valence electrons. The van der Waals surface area contributed by atoms with E-state index in [1.165, 1.54) is 31.4 Å². The first kappa shape index (κ1) is 15.3. The molecule has 22 heavy (non-hydrogen) atoms. The first-order valence-electron chi connectivity index (χ1n) is 7.72. The van der Waals surface area contributed by atoms with Crippen molar-refractivity contribution in [1.82, 2.24) is 5.32 Å². The molecule has 2 aliphatic carbocycles. The van der Waals surface area contributed by atoms with Crippen LogP contribution >= 0.6 is 11.8 Å². The third-order valence-electron chi connectivity index (χ3n) is 4.73. The lowest BCUT2D eigenvalue weighted by Crippen LogP contribution is -2.39. The van der Waals surface area contributed by atoms with E-state index >= 15 is 0 Å². The SMILES string of the molecule is O=C(CSCc1ccc([N+](=O)[O-])cc1)N[C@H]1C[C@@H]2CC[C@H]1C2. The summed E-state index contributed by atoms with van der Waals surface area (Å²) in [6.45, 7) is 0. The molecule has 5 nitrogen and oxygen atoms in total. The van der Waals surface area contributed by atoms with Crippen LogP contribution in [0.4, 0.5) is 5.69 Å². The number of nitrogens with one attached hydrogen (secondary N) is 1. The monoisotopic (exact) mass is 320 g/mol. The van der Waals surface area contributed by atoms with Crippen LogP contribution in [-0.4, -0.2) is 22.6 Å². The Balaban J connectivity index is 1.39. The van der Waals surface area contributed by atoms with E-state index in [4.69, 9.17) is 0 Å². The third-order valence-corrected chi connectivity index (χ3v) is 5.74. The largest absolute Gasteiger partial charge is 0.352 e. The molecule has 1 aromatic rings. The average molecular weight is 320 g/mol. The summed E-state index contributed by atoms with van der Waals surface area (Å²) in [5, 5.41) is 13.8. The number of carbonyl (C=O) groups excluding carboxylic acids is 1. The molecule has 2 saturated carbocycles. The molecular weight excluding hydrogens is 300 g/mol. The minimum atomic E-state index is -0.403. The Morgan fingerprint density at radius 2 is 2.05 bits per heavy atom. The lowest BCUT2D eigenvalue weighted by atomic mass is 9.95. The van der Waals surface area contributed by atoms with Gasteiger partial charge in [-0.1, -0.05) is 18.6 Å². The van der Waals surface area contributed by atoms with Gasteiger partial charge in [-0.3, -0.25) is 14.9 Å². The molecule has 1 N–H and O–H groups in total. The van der Waals surface area contributed by atoms with Crippen molar-refractivity contribution in [1.29, 1.82) is 0 Å². The number of non-ortho nitro benzene ring substituents is 1. The molecule has 1 aromatic carbocycles. The van der Waals surface area contributed by atoms with Gasteiger partial charge in [-0.15, -0.1) is 11.8 Å². The number of rotatable bonds is 6. The van der Waals surface area contributed by atoms with Crippen LogP contribution in [0.25, 0.3) is 0 Å². The van der Waals surface area contributed by atoms with Crippen LogP contribution in [0.3, 0.4) is 0 Å². The van der Waals surface area contributed by atoms with E-state index in [9.17, 15) is 14.9 Å². The van der Waals surface area contributed by atoms with Crippen molar-refractivity contribution < 1.29 is 9.72 Å². The summed E-state index contributed by atoms with van der Waals surface area (Å²) in [6, 6.07) is 6.90. The van der Waals surface area contributed by atoms with Gasteiger partial charge in [0.05, 0.1) is 10.7 Å². The first-order valence-corrected chi connectivity index (χ1v) is 8.87. The zero-order chi connectivity index (χ0) is 15.5. The minimum Gasteiger partial charge on any atom is -0.352 e. The summed E-state index contributed by atoms with van der Waals surface area (Å²) in [4.78, 5) is 22.2. The van der Waals surface area contributed by atoms with Gasteiger partial charge in [-0.2, -0.15) is 0 Å². The van der Waals surface area contributed by atoms with Gasteiger partial charge in [-0.05, 0) is 36.7 Å². The van der Waals surface area contributed by atoms with Gasteiger partial charge in [-0.25, -0.2) is 0 Å². The van der Waals surface area contributed by atoms with Crippen molar-refractivity contribution in [3.63, 3.8) is 0 Å². The fraction of sp³-hybridized carbons (Fsp3) is 0.562. The predicted molar refractivity (Wildman–Crippen MR) is 86.6 cm³/mol. The smallest absolute Gasteiger partial charge is 0.269 e. The number of amides is 1. The van der Waals surface area contributed by atoms with Gasteiger partial charge in [0.2, 0.25) is 5.91 Å². The van der Waals surface area contributed by atoms with E-state index in [0.29, 0.717) is 23.5 Å². The Morgan fingerprint density at radius 3 is 2.64 bits per heavy atom. The number of hydrogen-bond acceptors (Lipinski definition) is 4. The highest BCUT2D eigenvalue weighted by Gasteiger charge is 2.39. The maximum absolute atomic E-state index is 12.0. The molecule has 0 aliphatic heterocycles. The molecule has 3 rings (SSSR count). The Hall–Kier alpha value is -1.56. The van der Waals surface area contributed by atoms with Gasteiger partial charge in [0.25, 0.3) is 5.69 Å². The van der Waals surface area contributed by atoms with E-state index in [1.807, 2.05) is 0 Å². The van der Waals surface area contributed by atoms with Gasteiger partial charge in [0.15, 0.2) is 0 Å². The van der Waals surface area contributed by atoms with Crippen LogP contribution in [0.2, 0.25) is 0 Å². The van der Waals surface area contributed by atoms with Gasteiger partial charge in [0.1, 0.15) is 0 Å². The normalized spacial score (nSPS) is 26.1. The van der Waals surface area contributed by atoms with Crippen LogP contribution in [0, 0.1) is 22.0 Å². The summed E-state index contributed by atoms with van der Waals surface area (Å²) in [5.41, 5.74) is 1.10. The standard InChI is InChI=1S/C16H20N2O3S/c19-16(17-15-8-12-1-4-13(15)7-12)10-22-9-11-2-5-14(6-3-11)18(20)21/h2-3,5-6,12-13,15H,1,4,7-10H2,(H,17,19)/t12-,13+,15+/m1/s1. The molecule has 3 atom stereocenters. The fourth-order valence-electron chi connectivity index (χ4n) is 3.65. The predicted octanol–water partition coefficient (Wildman–Crippen LogP) is 3.13. The van der Waals surface area contributed by atoms with Gasteiger partial charge < -0.3 is 5.32 Å². The molecule has 0 saturated heterocycles. The molecule has 0 spiro atoms. The minimum absolute atomic E-state index is 0.0998. The lowest BCUT2D eigenvalue weighted by Gasteiger charge is -2.22. The second kappa shape index (κ2) is 6.69. The molecular formula is C16H20N2O3S. The molecule has 0 unspecified atom stereocenters. The number of thioether (sulfide) groups is 1. The van der Waals surface area contributed by atoms with E-state index in [2.05, 4.69) is 5.32 Å². The van der Waals surface area contributed by atoms with Crippen LogP contribution < -0.4 is 5.32 Å². The molecule has 0 aromatic heterocycles. The van der Waals surface area contributed by atoms with E-state index in [0.717, 1.165) is 17.9 Å². The highest BCUT2D eigenvalue weighted by atomic mass is 32.2. The maximum Gasteiger partial charge on any atom is 0.269 e. The highest BCUT2D eigenvalue weighted by molar-refractivity contribution is 7.99. The van der Waals surface area contributed by atoms with Crippen LogP contribution in [0.1, 0.15) is 31.2 Å². The quantitative estimate of drug-likeness (QED) is 0.645. The first-order chi connectivity index (χ1) is 10.6. The molecule has 0 heterocycles. The lowest BCUT2D eigenvalue weighted by molar-refractivity contribution is -0.384. The van der Waals surface area contributed by atoms with Gasteiger partial charge in [0, 0.05) is 23.9 Å². The van der Waals surface area contributed by atoms with Crippen molar-refractivity contribution in [3.8, 4) is 0 Å². The maximum atomic E-state index is 12.0. The summed E-state index contributed by atoms with van der Waals surface area (Å²) in [6.07, 6.45) is 5.06. The number of nitro groups is 1. The Bertz CT molecular complexity index is 561. The van der Waals surface area contributed by atoms with Gasteiger partial charge >= 0.3 is 0 Å². The number of carbonyl (C=O) groups is 1. The average Bonchev–Trinajstić information content (AvgIpc) is 3.10. The Morgan fingerprint density at radius 1 is 1.27 bits per heavy atom. The van der Waals surface area contributed by atoms with Crippen molar-refractivity contribution >= 4 is 23.4 Å². The van der Waals surface area contributed by atoms with Crippen molar-refractivity contribution in [3.05, 3.63) is 39.9 Å². The van der Waals surface area contributed by atoms with Crippen LogP contribution in [0.5, 0.6) is 0 Å². The highest BCUT2D eigenvalue weighted by Crippen LogP contribution is 2.44. The van der Waals surface area contributed by atoms with Crippen LogP contribution in [-0.2, 0) is 10.5 Å². The summed E-state index contributed by atoms with van der Waals surface area (Å²) in [5.74, 6) is 2.80. The summed E-state index contributed by atoms with van der Waals surface area (Å²) < 4.78 is 0. The zero-order valence-electron chi connectivity index (χ0n) is 12.4. The number of nitro benzene ring substituents is 1. The fourth-order valence-corrected chi connectivity index (χ4v) is 4.44. The topological polar surface area (TPSA) is 72.2 Å². The molecule has 2 bridgehead atoms. The Labute approximate surface area is 134 Å². The molecule has 2 fully saturated rings. The number of benzene rings is 1.